The van der Waals surface area contributed by atoms with E-state index in [2.05, 4.69) is 107 Å². The Hall–Kier alpha value is -3.95. The summed E-state index contributed by atoms with van der Waals surface area (Å²) in [6.45, 7) is 0. The molecule has 0 saturated carbocycles. The predicted octanol–water partition coefficient (Wildman–Crippen LogP) is 6.67. The average molecular weight is 415 g/mol. The lowest BCUT2D eigenvalue weighted by atomic mass is 9.78. The number of aromatic nitrogens is 1. The van der Waals surface area contributed by atoms with Gasteiger partial charge in [-0.1, -0.05) is 97.1 Å². The van der Waals surface area contributed by atoms with Crippen LogP contribution in [0.5, 0.6) is 0 Å². The van der Waals surface area contributed by atoms with Crippen molar-refractivity contribution in [1.29, 1.82) is 0 Å². The first kappa shape index (κ1) is 18.8. The number of nitrogens with one attached hydrogen (secondary N) is 1. The van der Waals surface area contributed by atoms with E-state index in [0.29, 0.717) is 0 Å². The summed E-state index contributed by atoms with van der Waals surface area (Å²) in [6, 6.07) is 39.8. The van der Waals surface area contributed by atoms with Crippen molar-refractivity contribution in [3.05, 3.63) is 144 Å². The quantitative estimate of drug-likeness (QED) is 0.358. The van der Waals surface area contributed by atoms with E-state index in [0.717, 1.165) is 38.8 Å². The summed E-state index contributed by atoms with van der Waals surface area (Å²) in [6.07, 6.45) is 1.49. The van der Waals surface area contributed by atoms with Crippen LogP contribution in [0.25, 0.3) is 10.9 Å². The first-order valence-electron chi connectivity index (χ1n) is 10.8. The Morgan fingerprint density at radius 1 is 0.688 bits per heavy atom. The third-order valence-electron chi connectivity index (χ3n) is 6.18. The van der Waals surface area contributed by atoms with Crippen molar-refractivity contribution in [1.82, 2.24) is 4.98 Å². The zero-order valence-electron chi connectivity index (χ0n) is 17.5. The maximum absolute atomic E-state index is 7.07. The number of pyridine rings is 1. The number of fused-ring (bicyclic) bond motifs is 2. The monoisotopic (exact) mass is 414 g/mol. The smallest absolute Gasteiger partial charge is 0.156 e. The molecule has 1 aliphatic heterocycles. The van der Waals surface area contributed by atoms with Crippen LogP contribution in [0.15, 0.2) is 121 Å². The zero-order valence-corrected chi connectivity index (χ0v) is 17.5. The number of benzene rings is 4. The van der Waals surface area contributed by atoms with Gasteiger partial charge in [-0.25, -0.2) is 0 Å². The fraction of sp³-hybridized carbons (Fsp3) is 0.0690. The second kappa shape index (κ2) is 7.63. The highest BCUT2D eigenvalue weighted by Gasteiger charge is 2.44. The Bertz CT molecular complexity index is 1340. The second-order valence-electron chi connectivity index (χ2n) is 8.06. The number of nitrogens with zero attached hydrogens (tertiary/aromatic N) is 1. The van der Waals surface area contributed by atoms with E-state index in [4.69, 9.17) is 4.74 Å². The highest BCUT2D eigenvalue weighted by Crippen LogP contribution is 2.50. The van der Waals surface area contributed by atoms with E-state index in [1.54, 1.807) is 0 Å². The third-order valence-corrected chi connectivity index (χ3v) is 6.18. The molecule has 4 aromatic carbocycles. The van der Waals surface area contributed by atoms with Crippen LogP contribution in [0.1, 0.15) is 28.5 Å². The standard InChI is InChI=1S/C29H22N2O/c1-3-11-23(12-4-1)29(24-13-5-2-6-14-24)25-15-7-8-16-26(25)31-28(32-29)22-18-17-21-10-9-19-30-27(21)20-22/h1-20,28,31H. The Labute approximate surface area is 187 Å². The molecule has 1 aromatic heterocycles. The molecular weight excluding hydrogens is 392 g/mol. The van der Waals surface area contributed by atoms with Gasteiger partial charge in [0.25, 0.3) is 0 Å². The Kier molecular flexibility index (Phi) is 4.48. The molecular formula is C29H22N2O. The molecule has 1 atom stereocenters. The van der Waals surface area contributed by atoms with E-state index < -0.39 is 5.60 Å². The van der Waals surface area contributed by atoms with E-state index in [-0.39, 0.29) is 6.23 Å². The van der Waals surface area contributed by atoms with E-state index >= 15 is 0 Å². The first-order valence-corrected chi connectivity index (χ1v) is 10.8. The average Bonchev–Trinajstić information content (AvgIpc) is 2.88. The SMILES string of the molecule is c1ccc(C2(c3ccccc3)OC(c3ccc4cccnc4c3)Nc3ccccc32)cc1. The van der Waals surface area contributed by atoms with Crippen LogP contribution in [0.3, 0.4) is 0 Å². The van der Waals surface area contributed by atoms with Gasteiger partial charge in [0, 0.05) is 28.4 Å². The van der Waals surface area contributed by atoms with Gasteiger partial charge in [-0.3, -0.25) is 4.98 Å². The van der Waals surface area contributed by atoms with Crippen LogP contribution in [-0.2, 0) is 10.3 Å². The Morgan fingerprint density at radius 3 is 2.12 bits per heavy atom. The van der Waals surface area contributed by atoms with Crippen LogP contribution in [0.4, 0.5) is 5.69 Å². The molecule has 3 nitrogen and oxygen atoms in total. The van der Waals surface area contributed by atoms with Gasteiger partial charge in [0.15, 0.2) is 6.23 Å². The summed E-state index contributed by atoms with van der Waals surface area (Å²) in [7, 11) is 0. The van der Waals surface area contributed by atoms with Crippen molar-refractivity contribution in [3.8, 4) is 0 Å². The minimum absolute atomic E-state index is 0.336. The Balaban J connectivity index is 1.59. The first-order chi connectivity index (χ1) is 15.8. The molecule has 2 heterocycles. The van der Waals surface area contributed by atoms with Crippen molar-refractivity contribution in [2.45, 2.75) is 11.8 Å². The van der Waals surface area contributed by atoms with E-state index in [1.165, 1.54) is 0 Å². The van der Waals surface area contributed by atoms with Gasteiger partial charge in [-0.2, -0.15) is 0 Å². The summed E-state index contributed by atoms with van der Waals surface area (Å²) < 4.78 is 7.07. The third kappa shape index (κ3) is 2.98. The molecule has 0 bridgehead atoms. The molecule has 154 valence electrons. The summed E-state index contributed by atoms with van der Waals surface area (Å²) in [5, 5.41) is 4.74. The minimum Gasteiger partial charge on any atom is -0.356 e. The lowest BCUT2D eigenvalue weighted by molar-refractivity contribution is -0.0431. The van der Waals surface area contributed by atoms with Crippen molar-refractivity contribution in [2.24, 2.45) is 0 Å². The molecule has 1 unspecified atom stereocenters. The Morgan fingerprint density at radius 2 is 1.38 bits per heavy atom. The van der Waals surface area contributed by atoms with Crippen LogP contribution < -0.4 is 5.32 Å². The topological polar surface area (TPSA) is 34.1 Å². The fourth-order valence-electron chi connectivity index (χ4n) is 4.68. The molecule has 0 radical (unpaired) electrons. The van der Waals surface area contributed by atoms with Crippen molar-refractivity contribution in [3.63, 3.8) is 0 Å². The highest BCUT2D eigenvalue weighted by atomic mass is 16.5. The van der Waals surface area contributed by atoms with Crippen molar-refractivity contribution < 1.29 is 4.74 Å². The molecule has 1 N–H and O–H groups in total. The molecule has 0 amide bonds. The molecule has 0 fully saturated rings. The van der Waals surface area contributed by atoms with E-state index in [9.17, 15) is 0 Å². The van der Waals surface area contributed by atoms with Gasteiger partial charge < -0.3 is 10.1 Å². The number of hydrogen-bond acceptors (Lipinski definition) is 3. The molecule has 1 aliphatic rings. The fourth-order valence-corrected chi connectivity index (χ4v) is 4.68. The summed E-state index contributed by atoms with van der Waals surface area (Å²) in [5.74, 6) is 0. The lowest BCUT2D eigenvalue weighted by Gasteiger charge is -2.44. The maximum Gasteiger partial charge on any atom is 0.156 e. The minimum atomic E-state index is -0.742. The summed E-state index contributed by atoms with van der Waals surface area (Å²) >= 11 is 0. The lowest BCUT2D eigenvalue weighted by Crippen LogP contribution is -2.40. The van der Waals surface area contributed by atoms with Gasteiger partial charge in [-0.15, -0.1) is 0 Å². The van der Waals surface area contributed by atoms with Crippen LogP contribution in [-0.4, -0.2) is 4.98 Å². The summed E-state index contributed by atoms with van der Waals surface area (Å²) in [4.78, 5) is 4.55. The maximum atomic E-state index is 7.07. The molecule has 0 spiro atoms. The normalized spacial score (nSPS) is 16.8. The second-order valence-corrected chi connectivity index (χ2v) is 8.06. The van der Waals surface area contributed by atoms with Crippen molar-refractivity contribution in [2.75, 3.05) is 5.32 Å². The number of anilines is 1. The van der Waals surface area contributed by atoms with Crippen LogP contribution in [0.2, 0.25) is 0 Å². The van der Waals surface area contributed by atoms with Crippen LogP contribution >= 0.6 is 0 Å². The van der Waals surface area contributed by atoms with Gasteiger partial charge in [0.2, 0.25) is 0 Å². The largest absolute Gasteiger partial charge is 0.356 e. The molecule has 3 heteroatoms. The number of hydrogen-bond donors (Lipinski definition) is 1. The zero-order chi connectivity index (χ0) is 21.4. The highest BCUT2D eigenvalue weighted by molar-refractivity contribution is 5.79. The molecule has 6 rings (SSSR count). The van der Waals surface area contributed by atoms with Crippen LogP contribution in [0, 0.1) is 0 Å². The molecule has 5 aromatic rings. The van der Waals surface area contributed by atoms with E-state index in [1.807, 2.05) is 24.4 Å². The summed E-state index contributed by atoms with van der Waals surface area (Å²) in [5.41, 5.74) is 5.63. The molecule has 0 aliphatic carbocycles. The molecule has 32 heavy (non-hydrogen) atoms. The van der Waals surface area contributed by atoms with Gasteiger partial charge in [0.05, 0.1) is 5.52 Å². The number of ether oxygens (including phenoxy) is 1. The molecule has 0 saturated heterocycles. The van der Waals surface area contributed by atoms with Gasteiger partial charge >= 0.3 is 0 Å². The predicted molar refractivity (Wildman–Crippen MR) is 128 cm³/mol. The number of para-hydroxylation sites is 1. The van der Waals surface area contributed by atoms with Gasteiger partial charge in [-0.05, 0) is 29.3 Å². The van der Waals surface area contributed by atoms with Gasteiger partial charge in [0.1, 0.15) is 5.60 Å². The van der Waals surface area contributed by atoms with Crippen molar-refractivity contribution >= 4 is 16.6 Å². The number of rotatable bonds is 3.